The lowest BCUT2D eigenvalue weighted by Gasteiger charge is -2.09. The van der Waals surface area contributed by atoms with Crippen molar-refractivity contribution >= 4 is 50.0 Å². The summed E-state index contributed by atoms with van der Waals surface area (Å²) in [4.78, 5) is 24.8. The molecule has 1 amide bonds. The normalized spacial score (nSPS) is 10.7. The van der Waals surface area contributed by atoms with Crippen molar-refractivity contribution in [2.75, 3.05) is 6.61 Å². The Labute approximate surface area is 202 Å². The molecule has 32 heavy (non-hydrogen) atoms. The van der Waals surface area contributed by atoms with Crippen LogP contribution in [0.3, 0.4) is 0 Å². The van der Waals surface area contributed by atoms with Crippen LogP contribution >= 0.6 is 31.9 Å². The standard InChI is InChI=1S/C24H20Br2N2O4/c1-2-12-31-21-9-6-16(7-10-21)24(30)32-22-11-8-20(26)14-18(22)15-27-28-23(29)17-4-3-5-19(25)13-17/h3-11,13-15H,2,12H2,1H3,(H,28,29)/b27-15-. The summed E-state index contributed by atoms with van der Waals surface area (Å²) in [5.74, 6) is 0.134. The number of benzene rings is 3. The zero-order chi connectivity index (χ0) is 22.9. The minimum Gasteiger partial charge on any atom is -0.494 e. The predicted molar refractivity (Wildman–Crippen MR) is 131 cm³/mol. The number of hydrogen-bond acceptors (Lipinski definition) is 5. The highest BCUT2D eigenvalue weighted by Crippen LogP contribution is 2.23. The lowest BCUT2D eigenvalue weighted by atomic mass is 10.2. The van der Waals surface area contributed by atoms with Crippen molar-refractivity contribution in [3.05, 3.63) is 92.4 Å². The van der Waals surface area contributed by atoms with Crippen molar-refractivity contribution in [1.82, 2.24) is 5.43 Å². The van der Waals surface area contributed by atoms with Crippen LogP contribution in [0.15, 0.2) is 80.8 Å². The fourth-order valence-corrected chi connectivity index (χ4v) is 3.41. The maximum absolute atomic E-state index is 12.6. The Kier molecular flexibility index (Phi) is 8.58. The van der Waals surface area contributed by atoms with Crippen LogP contribution in [0.1, 0.15) is 39.6 Å². The Balaban J connectivity index is 1.69. The zero-order valence-electron chi connectivity index (χ0n) is 17.2. The topological polar surface area (TPSA) is 77.0 Å². The summed E-state index contributed by atoms with van der Waals surface area (Å²) in [6.45, 7) is 2.64. The van der Waals surface area contributed by atoms with Crippen molar-refractivity contribution in [2.24, 2.45) is 5.10 Å². The number of hydrazone groups is 1. The molecule has 0 bridgehead atoms. The van der Waals surface area contributed by atoms with Gasteiger partial charge in [-0.25, -0.2) is 10.2 Å². The molecule has 0 unspecified atom stereocenters. The number of nitrogens with zero attached hydrogens (tertiary/aromatic N) is 1. The van der Waals surface area contributed by atoms with Crippen LogP contribution in [0, 0.1) is 0 Å². The zero-order valence-corrected chi connectivity index (χ0v) is 20.4. The van der Waals surface area contributed by atoms with Gasteiger partial charge >= 0.3 is 5.97 Å². The predicted octanol–water partition coefficient (Wildman–Crippen LogP) is 5.98. The first-order valence-electron chi connectivity index (χ1n) is 9.80. The largest absolute Gasteiger partial charge is 0.494 e. The van der Waals surface area contributed by atoms with Gasteiger partial charge in [-0.1, -0.05) is 44.8 Å². The van der Waals surface area contributed by atoms with Crippen LogP contribution in [0.2, 0.25) is 0 Å². The van der Waals surface area contributed by atoms with Gasteiger partial charge in [-0.15, -0.1) is 0 Å². The molecule has 0 aliphatic heterocycles. The molecule has 0 aliphatic rings. The van der Waals surface area contributed by atoms with E-state index in [0.717, 1.165) is 15.4 Å². The third-order valence-electron chi connectivity index (χ3n) is 4.19. The molecule has 0 spiro atoms. The van der Waals surface area contributed by atoms with Gasteiger partial charge in [-0.3, -0.25) is 4.79 Å². The van der Waals surface area contributed by atoms with Gasteiger partial charge in [-0.2, -0.15) is 5.10 Å². The Morgan fingerprint density at radius 2 is 1.72 bits per heavy atom. The Morgan fingerprint density at radius 1 is 0.969 bits per heavy atom. The summed E-state index contributed by atoms with van der Waals surface area (Å²) in [5.41, 5.74) is 3.84. The first-order valence-corrected chi connectivity index (χ1v) is 11.4. The smallest absolute Gasteiger partial charge is 0.343 e. The van der Waals surface area contributed by atoms with E-state index in [0.29, 0.717) is 34.8 Å². The lowest BCUT2D eigenvalue weighted by molar-refractivity contribution is 0.0734. The number of esters is 1. The maximum atomic E-state index is 12.6. The molecule has 1 N–H and O–H groups in total. The number of carbonyl (C=O) groups excluding carboxylic acids is 2. The van der Waals surface area contributed by atoms with E-state index >= 15 is 0 Å². The third-order valence-corrected chi connectivity index (χ3v) is 5.18. The van der Waals surface area contributed by atoms with Crippen molar-refractivity contribution in [3.63, 3.8) is 0 Å². The van der Waals surface area contributed by atoms with Crippen LogP contribution in [0.5, 0.6) is 11.5 Å². The van der Waals surface area contributed by atoms with Gasteiger partial charge in [0.1, 0.15) is 11.5 Å². The Morgan fingerprint density at radius 3 is 2.44 bits per heavy atom. The van der Waals surface area contributed by atoms with Crippen LogP contribution < -0.4 is 14.9 Å². The van der Waals surface area contributed by atoms with Crippen molar-refractivity contribution in [1.29, 1.82) is 0 Å². The summed E-state index contributed by atoms with van der Waals surface area (Å²) in [7, 11) is 0. The molecular weight excluding hydrogens is 540 g/mol. The summed E-state index contributed by atoms with van der Waals surface area (Å²) in [5, 5.41) is 4.00. The Bertz CT molecular complexity index is 1130. The molecule has 8 heteroatoms. The van der Waals surface area contributed by atoms with E-state index in [1.54, 1.807) is 60.7 Å². The molecule has 0 atom stereocenters. The molecule has 3 aromatic carbocycles. The van der Waals surface area contributed by atoms with Gasteiger partial charge in [0.05, 0.1) is 18.4 Å². The summed E-state index contributed by atoms with van der Waals surface area (Å²) in [6, 6.07) is 18.9. The molecule has 0 saturated carbocycles. The minimum atomic E-state index is -0.512. The second kappa shape index (κ2) is 11.6. The summed E-state index contributed by atoms with van der Waals surface area (Å²) < 4.78 is 12.7. The highest BCUT2D eigenvalue weighted by molar-refractivity contribution is 9.10. The van der Waals surface area contributed by atoms with E-state index in [2.05, 4.69) is 42.4 Å². The number of rotatable bonds is 8. The molecule has 3 aromatic rings. The monoisotopic (exact) mass is 558 g/mol. The van der Waals surface area contributed by atoms with Crippen LogP contribution in [-0.2, 0) is 0 Å². The average Bonchev–Trinajstić information content (AvgIpc) is 2.79. The highest BCUT2D eigenvalue weighted by Gasteiger charge is 2.12. The highest BCUT2D eigenvalue weighted by atomic mass is 79.9. The number of halogens is 2. The third kappa shape index (κ3) is 6.77. The van der Waals surface area contributed by atoms with Crippen LogP contribution in [-0.4, -0.2) is 24.7 Å². The lowest BCUT2D eigenvalue weighted by Crippen LogP contribution is -2.17. The minimum absolute atomic E-state index is 0.310. The molecule has 164 valence electrons. The molecule has 6 nitrogen and oxygen atoms in total. The second-order valence-electron chi connectivity index (χ2n) is 6.65. The fourth-order valence-electron chi connectivity index (χ4n) is 2.63. The molecule has 0 heterocycles. The summed E-state index contributed by atoms with van der Waals surface area (Å²) in [6.07, 6.45) is 2.33. The van der Waals surface area contributed by atoms with Gasteiger partial charge in [0.15, 0.2) is 0 Å². The number of carbonyl (C=O) groups is 2. The molecule has 0 aromatic heterocycles. The van der Waals surface area contributed by atoms with Gasteiger partial charge < -0.3 is 9.47 Å². The summed E-state index contributed by atoms with van der Waals surface area (Å²) >= 11 is 6.72. The van der Waals surface area contributed by atoms with E-state index in [4.69, 9.17) is 9.47 Å². The molecule has 0 saturated heterocycles. The molecule has 0 fully saturated rings. The molecule has 3 rings (SSSR count). The van der Waals surface area contributed by atoms with Gasteiger partial charge in [0, 0.05) is 20.1 Å². The van der Waals surface area contributed by atoms with E-state index in [9.17, 15) is 9.59 Å². The van der Waals surface area contributed by atoms with Crippen molar-refractivity contribution in [3.8, 4) is 11.5 Å². The number of amides is 1. The van der Waals surface area contributed by atoms with E-state index in [1.165, 1.54) is 6.21 Å². The fraction of sp³-hybridized carbons (Fsp3) is 0.125. The van der Waals surface area contributed by atoms with E-state index in [-0.39, 0.29) is 5.91 Å². The van der Waals surface area contributed by atoms with Gasteiger partial charge in [-0.05, 0) is 67.1 Å². The number of hydrogen-bond donors (Lipinski definition) is 1. The number of nitrogens with one attached hydrogen (secondary N) is 1. The van der Waals surface area contributed by atoms with Gasteiger partial charge in [0.25, 0.3) is 5.91 Å². The quantitative estimate of drug-likeness (QED) is 0.159. The molecular formula is C24H20Br2N2O4. The number of ether oxygens (including phenoxy) is 2. The van der Waals surface area contributed by atoms with Crippen LogP contribution in [0.4, 0.5) is 0 Å². The van der Waals surface area contributed by atoms with E-state index < -0.39 is 5.97 Å². The van der Waals surface area contributed by atoms with Gasteiger partial charge in [0.2, 0.25) is 0 Å². The average molecular weight is 560 g/mol. The van der Waals surface area contributed by atoms with Crippen molar-refractivity contribution < 1.29 is 19.1 Å². The van der Waals surface area contributed by atoms with Crippen molar-refractivity contribution in [2.45, 2.75) is 13.3 Å². The van der Waals surface area contributed by atoms with E-state index in [1.807, 2.05) is 13.0 Å². The molecule has 0 aliphatic carbocycles. The molecule has 0 radical (unpaired) electrons. The first-order chi connectivity index (χ1) is 15.5. The van der Waals surface area contributed by atoms with Crippen LogP contribution in [0.25, 0.3) is 0 Å². The maximum Gasteiger partial charge on any atom is 0.343 e. The first kappa shape index (κ1) is 23.7. The Hall–Kier alpha value is -2.97. The SMILES string of the molecule is CCCOc1ccc(C(=O)Oc2ccc(Br)cc2/C=N\NC(=O)c2cccc(Br)c2)cc1. The second-order valence-corrected chi connectivity index (χ2v) is 8.49.